The first-order valence-corrected chi connectivity index (χ1v) is 9.46. The van der Waals surface area contributed by atoms with Gasteiger partial charge in [-0.3, -0.25) is 4.79 Å². The number of nitrogens with zero attached hydrogens (tertiary/aromatic N) is 1. The van der Waals surface area contributed by atoms with Crippen LogP contribution >= 0.6 is 0 Å². The van der Waals surface area contributed by atoms with Crippen molar-refractivity contribution in [3.8, 4) is 17.1 Å². The van der Waals surface area contributed by atoms with Crippen LogP contribution in [0.15, 0.2) is 59.1 Å². The largest absolute Gasteiger partial charge is 0.494 e. The first-order chi connectivity index (χ1) is 14.1. The Hall–Kier alpha value is -3.22. The molecule has 0 fully saturated rings. The fraction of sp³-hybridized carbons (Fsp3) is 0.273. The minimum Gasteiger partial charge on any atom is -0.494 e. The fourth-order valence-electron chi connectivity index (χ4n) is 2.66. The molecule has 1 N–H and O–H groups in total. The number of nitrogens with one attached hydrogen (secondary N) is 1. The van der Waals surface area contributed by atoms with E-state index in [4.69, 9.17) is 9.15 Å². The molecule has 1 heterocycles. The number of amides is 1. The molecule has 29 heavy (non-hydrogen) atoms. The Balaban J connectivity index is 1.29. The molecular weight excluding hydrogens is 378 g/mol. The summed E-state index contributed by atoms with van der Waals surface area (Å²) >= 11 is 0. The molecule has 0 bridgehead atoms. The van der Waals surface area contributed by atoms with Crippen molar-refractivity contribution < 1.29 is 22.7 Å². The highest BCUT2D eigenvalue weighted by molar-refractivity contribution is 5.76. The summed E-state index contributed by atoms with van der Waals surface area (Å²) in [5, 5.41) is 2.85. The lowest BCUT2D eigenvalue weighted by Crippen LogP contribution is -2.25. The zero-order valence-electron chi connectivity index (χ0n) is 15.9. The van der Waals surface area contributed by atoms with Crippen molar-refractivity contribution in [3.63, 3.8) is 0 Å². The van der Waals surface area contributed by atoms with Crippen LogP contribution in [0.5, 0.6) is 5.75 Å². The van der Waals surface area contributed by atoms with Crippen LogP contribution in [0.3, 0.4) is 0 Å². The monoisotopic (exact) mass is 400 g/mol. The van der Waals surface area contributed by atoms with Gasteiger partial charge in [0.25, 0.3) is 0 Å². The molecule has 3 rings (SSSR count). The summed E-state index contributed by atoms with van der Waals surface area (Å²) in [7, 11) is 0. The summed E-state index contributed by atoms with van der Waals surface area (Å²) < 4.78 is 36.9. The molecule has 152 valence electrons. The molecule has 7 heteroatoms. The van der Waals surface area contributed by atoms with Crippen LogP contribution in [0.1, 0.15) is 25.2 Å². The second-order valence-electron chi connectivity index (χ2n) is 6.48. The topological polar surface area (TPSA) is 64.4 Å². The predicted molar refractivity (Wildman–Crippen MR) is 104 cm³/mol. The fourth-order valence-corrected chi connectivity index (χ4v) is 2.66. The molecule has 5 nitrogen and oxygen atoms in total. The van der Waals surface area contributed by atoms with Crippen molar-refractivity contribution in [2.45, 2.75) is 25.7 Å². The van der Waals surface area contributed by atoms with Gasteiger partial charge in [0.15, 0.2) is 11.7 Å². The molecule has 2 aromatic carbocycles. The van der Waals surface area contributed by atoms with Crippen molar-refractivity contribution in [2.24, 2.45) is 0 Å². The van der Waals surface area contributed by atoms with E-state index in [1.165, 1.54) is 24.3 Å². The van der Waals surface area contributed by atoms with Gasteiger partial charge in [-0.05, 0) is 61.4 Å². The van der Waals surface area contributed by atoms with E-state index in [1.54, 1.807) is 30.5 Å². The Morgan fingerprint density at radius 1 is 1.00 bits per heavy atom. The SMILES string of the molecule is O=C(CCc1ncc(-c2ccc(F)cc2)o1)NCCCCOc1ccc(F)cc1. The summed E-state index contributed by atoms with van der Waals surface area (Å²) in [5.74, 6) is 0.949. The summed E-state index contributed by atoms with van der Waals surface area (Å²) in [6.07, 6.45) is 3.79. The number of hydrogen-bond acceptors (Lipinski definition) is 4. The van der Waals surface area contributed by atoms with Crippen molar-refractivity contribution in [1.29, 1.82) is 0 Å². The van der Waals surface area contributed by atoms with Crippen molar-refractivity contribution >= 4 is 5.91 Å². The average Bonchev–Trinajstić information content (AvgIpc) is 3.20. The number of unbranched alkanes of at least 4 members (excludes halogenated alkanes) is 1. The van der Waals surface area contributed by atoms with E-state index in [0.717, 1.165) is 18.4 Å². The maximum Gasteiger partial charge on any atom is 0.220 e. The van der Waals surface area contributed by atoms with Crippen molar-refractivity contribution in [2.75, 3.05) is 13.2 Å². The molecule has 0 aliphatic heterocycles. The van der Waals surface area contributed by atoms with Gasteiger partial charge in [-0.25, -0.2) is 13.8 Å². The second kappa shape index (κ2) is 10.4. The van der Waals surface area contributed by atoms with Gasteiger partial charge < -0.3 is 14.5 Å². The molecule has 0 saturated heterocycles. The van der Waals surface area contributed by atoms with Gasteiger partial charge in [-0.15, -0.1) is 0 Å². The Morgan fingerprint density at radius 2 is 1.69 bits per heavy atom. The summed E-state index contributed by atoms with van der Waals surface area (Å²) in [6.45, 7) is 1.06. The van der Waals surface area contributed by atoms with Gasteiger partial charge in [0.2, 0.25) is 5.91 Å². The third-order valence-electron chi connectivity index (χ3n) is 4.22. The van der Waals surface area contributed by atoms with Crippen LogP contribution in [0.2, 0.25) is 0 Å². The van der Waals surface area contributed by atoms with E-state index in [9.17, 15) is 13.6 Å². The van der Waals surface area contributed by atoms with Crippen molar-refractivity contribution in [3.05, 3.63) is 72.3 Å². The first kappa shape index (κ1) is 20.5. The third kappa shape index (κ3) is 6.71. The predicted octanol–water partition coefficient (Wildman–Crippen LogP) is 4.53. The Morgan fingerprint density at radius 3 is 2.41 bits per heavy atom. The number of carbonyl (C=O) groups is 1. The van der Waals surface area contributed by atoms with Gasteiger partial charge in [0, 0.05) is 24.9 Å². The minimum atomic E-state index is -0.313. The molecule has 0 spiro atoms. The molecule has 0 saturated carbocycles. The maximum absolute atomic E-state index is 13.0. The standard InChI is InChI=1S/C22H22F2N2O3/c23-17-5-3-16(4-6-17)20-15-26-22(29-20)12-11-21(27)25-13-1-2-14-28-19-9-7-18(24)8-10-19/h3-10,15H,1-2,11-14H2,(H,25,27). The Bertz CT molecular complexity index is 909. The van der Waals surface area contributed by atoms with Gasteiger partial charge in [-0.1, -0.05) is 0 Å². The van der Waals surface area contributed by atoms with Crippen LogP contribution < -0.4 is 10.1 Å². The van der Waals surface area contributed by atoms with Gasteiger partial charge >= 0.3 is 0 Å². The molecule has 1 amide bonds. The molecular formula is C22H22F2N2O3. The van der Waals surface area contributed by atoms with Crippen LogP contribution in [-0.4, -0.2) is 24.0 Å². The molecule has 3 aromatic rings. The minimum absolute atomic E-state index is 0.0778. The number of oxazole rings is 1. The van der Waals surface area contributed by atoms with Crippen molar-refractivity contribution in [1.82, 2.24) is 10.3 Å². The number of rotatable bonds is 10. The van der Waals surface area contributed by atoms with E-state index >= 15 is 0 Å². The highest BCUT2D eigenvalue weighted by Crippen LogP contribution is 2.21. The summed E-state index contributed by atoms with van der Waals surface area (Å²) in [5.41, 5.74) is 0.734. The van der Waals surface area contributed by atoms with Crippen LogP contribution in [0, 0.1) is 11.6 Å². The maximum atomic E-state index is 13.0. The molecule has 0 radical (unpaired) electrons. The van der Waals surface area contributed by atoms with Gasteiger partial charge in [0.05, 0.1) is 12.8 Å². The quantitative estimate of drug-likeness (QED) is 0.508. The first-order valence-electron chi connectivity index (χ1n) is 9.46. The number of benzene rings is 2. The molecule has 1 aromatic heterocycles. The lowest BCUT2D eigenvalue weighted by Gasteiger charge is -2.07. The van der Waals surface area contributed by atoms with Gasteiger partial charge in [-0.2, -0.15) is 0 Å². The normalized spacial score (nSPS) is 10.7. The van der Waals surface area contributed by atoms with Crippen LogP contribution in [0.4, 0.5) is 8.78 Å². The molecule has 0 atom stereocenters. The van der Waals surface area contributed by atoms with E-state index in [-0.39, 0.29) is 24.0 Å². The third-order valence-corrected chi connectivity index (χ3v) is 4.22. The number of carbonyl (C=O) groups excluding carboxylic acids is 1. The van der Waals surface area contributed by atoms with Crippen LogP contribution in [-0.2, 0) is 11.2 Å². The lowest BCUT2D eigenvalue weighted by atomic mass is 10.2. The summed E-state index contributed by atoms with van der Waals surface area (Å²) in [6, 6.07) is 11.8. The summed E-state index contributed by atoms with van der Waals surface area (Å²) in [4.78, 5) is 16.1. The molecule has 0 aliphatic rings. The number of halogens is 2. The number of hydrogen-bond donors (Lipinski definition) is 1. The highest BCUT2D eigenvalue weighted by Gasteiger charge is 2.09. The highest BCUT2D eigenvalue weighted by atomic mass is 19.1. The van der Waals surface area contributed by atoms with E-state index < -0.39 is 0 Å². The van der Waals surface area contributed by atoms with Crippen LogP contribution in [0.25, 0.3) is 11.3 Å². The average molecular weight is 400 g/mol. The number of aromatic nitrogens is 1. The lowest BCUT2D eigenvalue weighted by molar-refractivity contribution is -0.121. The Labute approximate surface area is 167 Å². The van der Waals surface area contributed by atoms with Gasteiger partial charge in [0.1, 0.15) is 17.4 Å². The number of ether oxygens (including phenoxy) is 1. The smallest absolute Gasteiger partial charge is 0.220 e. The molecule has 0 aliphatic carbocycles. The number of aryl methyl sites for hydroxylation is 1. The zero-order valence-corrected chi connectivity index (χ0v) is 15.9. The van der Waals surface area contributed by atoms with E-state index in [0.29, 0.717) is 37.0 Å². The molecule has 0 unspecified atom stereocenters. The van der Waals surface area contributed by atoms with E-state index in [2.05, 4.69) is 10.3 Å². The zero-order chi connectivity index (χ0) is 20.5. The Kier molecular flexibility index (Phi) is 7.33. The van der Waals surface area contributed by atoms with E-state index in [1.807, 2.05) is 0 Å². The second-order valence-corrected chi connectivity index (χ2v) is 6.48.